The number of rotatable bonds is 5. The Hall–Kier alpha value is -0.610. The van der Waals surface area contributed by atoms with E-state index in [4.69, 9.17) is 10.5 Å². The van der Waals surface area contributed by atoms with Crippen LogP contribution in [-0.2, 0) is 9.53 Å². The molecule has 2 rings (SSSR count). The van der Waals surface area contributed by atoms with E-state index in [9.17, 15) is 9.90 Å². The van der Waals surface area contributed by atoms with E-state index < -0.39 is 11.5 Å². The van der Waals surface area contributed by atoms with E-state index in [2.05, 4.69) is 0 Å². The van der Waals surface area contributed by atoms with Gasteiger partial charge in [0, 0.05) is 6.61 Å². The third kappa shape index (κ3) is 2.80. The zero-order valence-electron chi connectivity index (χ0n) is 10.4. The number of ether oxygens (including phenoxy) is 1. The molecule has 2 aliphatic rings. The van der Waals surface area contributed by atoms with Crippen LogP contribution in [0, 0.1) is 5.92 Å². The van der Waals surface area contributed by atoms with Crippen LogP contribution in [0.4, 0.5) is 0 Å². The lowest BCUT2D eigenvalue weighted by atomic mass is 9.86. The maximum atomic E-state index is 11.2. The summed E-state index contributed by atoms with van der Waals surface area (Å²) < 4.78 is 5.79. The zero-order valence-corrected chi connectivity index (χ0v) is 10.4. The number of aliphatic carboxylic acids is 1. The molecule has 0 aromatic carbocycles. The van der Waals surface area contributed by atoms with Gasteiger partial charge < -0.3 is 15.6 Å². The molecule has 0 spiro atoms. The van der Waals surface area contributed by atoms with Gasteiger partial charge in [0.2, 0.25) is 0 Å². The quantitative estimate of drug-likeness (QED) is 0.771. The monoisotopic (exact) mass is 241 g/mol. The van der Waals surface area contributed by atoms with Gasteiger partial charge in [-0.2, -0.15) is 0 Å². The second kappa shape index (κ2) is 5.36. The van der Waals surface area contributed by atoms with Crippen molar-refractivity contribution in [3.63, 3.8) is 0 Å². The molecule has 0 saturated heterocycles. The Kier molecular flexibility index (Phi) is 4.05. The number of nitrogens with two attached hydrogens (primary N) is 1. The third-order valence-corrected chi connectivity index (χ3v) is 4.39. The van der Waals surface area contributed by atoms with Crippen LogP contribution in [0.3, 0.4) is 0 Å². The molecular weight excluding hydrogens is 218 g/mol. The molecule has 0 bridgehead atoms. The summed E-state index contributed by atoms with van der Waals surface area (Å²) in [6, 6.07) is 0. The Balaban J connectivity index is 1.76. The molecule has 4 nitrogen and oxygen atoms in total. The largest absolute Gasteiger partial charge is 0.480 e. The maximum Gasteiger partial charge on any atom is 0.323 e. The van der Waals surface area contributed by atoms with Crippen LogP contribution in [0.1, 0.15) is 51.4 Å². The summed E-state index contributed by atoms with van der Waals surface area (Å²) in [7, 11) is 0. The highest BCUT2D eigenvalue weighted by Gasteiger charge is 2.45. The molecule has 4 heteroatoms. The minimum absolute atomic E-state index is 0.0846. The van der Waals surface area contributed by atoms with Crippen molar-refractivity contribution in [2.75, 3.05) is 6.61 Å². The van der Waals surface area contributed by atoms with Gasteiger partial charge in [-0.3, -0.25) is 4.79 Å². The van der Waals surface area contributed by atoms with E-state index in [0.717, 1.165) is 32.1 Å². The van der Waals surface area contributed by atoms with Crippen LogP contribution in [0.5, 0.6) is 0 Å². The first-order valence-electron chi connectivity index (χ1n) is 6.77. The highest BCUT2D eigenvalue weighted by atomic mass is 16.5. The van der Waals surface area contributed by atoms with Gasteiger partial charge in [-0.25, -0.2) is 0 Å². The Bertz CT molecular complexity index is 276. The van der Waals surface area contributed by atoms with Gasteiger partial charge in [0.25, 0.3) is 0 Å². The van der Waals surface area contributed by atoms with Crippen molar-refractivity contribution in [2.24, 2.45) is 11.7 Å². The van der Waals surface area contributed by atoms with Crippen molar-refractivity contribution >= 4 is 5.97 Å². The molecule has 2 saturated carbocycles. The summed E-state index contributed by atoms with van der Waals surface area (Å²) in [5.74, 6) is -0.762. The summed E-state index contributed by atoms with van der Waals surface area (Å²) in [6.45, 7) is 0.668. The summed E-state index contributed by atoms with van der Waals surface area (Å²) in [5.41, 5.74) is 4.98. The second-order valence-electron chi connectivity index (χ2n) is 5.50. The third-order valence-electron chi connectivity index (χ3n) is 4.39. The fraction of sp³-hybridized carbons (Fsp3) is 0.923. The Morgan fingerprint density at radius 3 is 2.65 bits per heavy atom. The van der Waals surface area contributed by atoms with Gasteiger partial charge in [0.15, 0.2) is 0 Å². The highest BCUT2D eigenvalue weighted by molar-refractivity contribution is 5.79. The van der Waals surface area contributed by atoms with E-state index in [0.29, 0.717) is 19.1 Å². The summed E-state index contributed by atoms with van der Waals surface area (Å²) >= 11 is 0. The predicted octanol–water partition coefficient (Wildman–Crippen LogP) is 1.92. The van der Waals surface area contributed by atoms with E-state index in [1.807, 2.05) is 0 Å². The zero-order chi connectivity index (χ0) is 12.3. The lowest BCUT2D eigenvalue weighted by Gasteiger charge is -2.27. The number of carboxylic acids is 1. The average molecular weight is 241 g/mol. The highest BCUT2D eigenvalue weighted by Crippen LogP contribution is 2.36. The molecule has 2 aliphatic carbocycles. The Morgan fingerprint density at radius 2 is 2.00 bits per heavy atom. The van der Waals surface area contributed by atoms with Crippen molar-refractivity contribution in [2.45, 2.75) is 63.0 Å². The van der Waals surface area contributed by atoms with Gasteiger partial charge in [-0.15, -0.1) is 0 Å². The van der Waals surface area contributed by atoms with Crippen LogP contribution in [-0.4, -0.2) is 29.3 Å². The van der Waals surface area contributed by atoms with E-state index in [1.54, 1.807) is 0 Å². The molecule has 3 N–H and O–H groups in total. The molecule has 17 heavy (non-hydrogen) atoms. The summed E-state index contributed by atoms with van der Waals surface area (Å²) in [5, 5.41) is 9.19. The van der Waals surface area contributed by atoms with Gasteiger partial charge in [0.05, 0.1) is 6.10 Å². The molecule has 0 aromatic heterocycles. The second-order valence-corrected chi connectivity index (χ2v) is 5.50. The van der Waals surface area contributed by atoms with Gasteiger partial charge in [0.1, 0.15) is 5.54 Å². The first kappa shape index (κ1) is 12.8. The predicted molar refractivity (Wildman–Crippen MR) is 64.7 cm³/mol. The van der Waals surface area contributed by atoms with Crippen LogP contribution >= 0.6 is 0 Å². The standard InChI is InChI=1S/C13H23NO3/c14-13(12(15)16)8-3-4-10(13)7-9-17-11-5-1-2-6-11/h10-11H,1-9,14H2,(H,15,16). The molecule has 0 aliphatic heterocycles. The first-order valence-corrected chi connectivity index (χ1v) is 6.77. The van der Waals surface area contributed by atoms with E-state index >= 15 is 0 Å². The van der Waals surface area contributed by atoms with Gasteiger partial charge >= 0.3 is 5.97 Å². The topological polar surface area (TPSA) is 72.6 Å². The first-order chi connectivity index (χ1) is 8.13. The number of carboxylic acid groups (broad SMARTS) is 1. The summed E-state index contributed by atoms with van der Waals surface area (Å²) in [4.78, 5) is 11.2. The summed E-state index contributed by atoms with van der Waals surface area (Å²) in [6.07, 6.45) is 8.53. The lowest BCUT2D eigenvalue weighted by molar-refractivity contribution is -0.145. The van der Waals surface area contributed by atoms with Crippen molar-refractivity contribution in [1.29, 1.82) is 0 Å². The number of hydrogen-bond acceptors (Lipinski definition) is 3. The van der Waals surface area contributed by atoms with Gasteiger partial charge in [-0.1, -0.05) is 19.3 Å². The molecule has 2 unspecified atom stereocenters. The van der Waals surface area contributed by atoms with Crippen molar-refractivity contribution < 1.29 is 14.6 Å². The average Bonchev–Trinajstić information content (AvgIpc) is 2.90. The number of hydrogen-bond donors (Lipinski definition) is 2. The smallest absolute Gasteiger partial charge is 0.323 e. The Morgan fingerprint density at radius 1 is 1.29 bits per heavy atom. The molecular formula is C13H23NO3. The number of carbonyl (C=O) groups is 1. The van der Waals surface area contributed by atoms with Crippen LogP contribution in [0.15, 0.2) is 0 Å². The minimum Gasteiger partial charge on any atom is -0.480 e. The fourth-order valence-electron chi connectivity index (χ4n) is 3.22. The molecule has 0 aromatic rings. The molecule has 0 radical (unpaired) electrons. The molecule has 0 heterocycles. The van der Waals surface area contributed by atoms with Crippen molar-refractivity contribution in [1.82, 2.24) is 0 Å². The van der Waals surface area contributed by atoms with Crippen molar-refractivity contribution in [3.8, 4) is 0 Å². The fourth-order valence-corrected chi connectivity index (χ4v) is 3.22. The molecule has 98 valence electrons. The van der Waals surface area contributed by atoms with Crippen LogP contribution < -0.4 is 5.73 Å². The minimum atomic E-state index is -1.00. The van der Waals surface area contributed by atoms with Crippen LogP contribution in [0.2, 0.25) is 0 Å². The lowest BCUT2D eigenvalue weighted by Crippen LogP contribution is -2.51. The van der Waals surface area contributed by atoms with E-state index in [-0.39, 0.29) is 5.92 Å². The van der Waals surface area contributed by atoms with Gasteiger partial charge in [-0.05, 0) is 38.0 Å². The normalized spacial score (nSPS) is 34.3. The van der Waals surface area contributed by atoms with Crippen molar-refractivity contribution in [3.05, 3.63) is 0 Å². The molecule has 2 fully saturated rings. The van der Waals surface area contributed by atoms with Crippen LogP contribution in [0.25, 0.3) is 0 Å². The molecule has 0 amide bonds. The van der Waals surface area contributed by atoms with E-state index in [1.165, 1.54) is 12.8 Å². The SMILES string of the molecule is NC1(C(=O)O)CCCC1CCOC1CCCC1. The maximum absolute atomic E-state index is 11.2. The molecule has 2 atom stereocenters. The Labute approximate surface area is 103 Å².